The highest BCUT2D eigenvalue weighted by Crippen LogP contribution is 2.34. The Kier molecular flexibility index (Phi) is 5.51. The van der Waals surface area contributed by atoms with E-state index < -0.39 is 6.23 Å². The molecule has 1 atom stereocenters. The summed E-state index contributed by atoms with van der Waals surface area (Å²) in [5, 5.41) is 0. The first kappa shape index (κ1) is 15.7. The highest BCUT2D eigenvalue weighted by molar-refractivity contribution is 6.00. The van der Waals surface area contributed by atoms with Crippen molar-refractivity contribution in [2.24, 2.45) is 0 Å². The number of Topliss-reactive ketones (excluding diaryl/α,β-unsaturated/α-hetero) is 1. The van der Waals surface area contributed by atoms with Crippen LogP contribution < -0.4 is 0 Å². The van der Waals surface area contributed by atoms with Crippen LogP contribution >= 0.6 is 0 Å². The molecule has 1 aliphatic heterocycles. The first-order valence-electron chi connectivity index (χ1n) is 7.66. The first-order valence-corrected chi connectivity index (χ1v) is 7.66. The van der Waals surface area contributed by atoms with Crippen LogP contribution in [0.25, 0.3) is 0 Å². The lowest BCUT2D eigenvalue weighted by atomic mass is 10.1. The van der Waals surface area contributed by atoms with Crippen LogP contribution in [0.3, 0.4) is 0 Å². The summed E-state index contributed by atoms with van der Waals surface area (Å²) in [6.45, 7) is 4.38. The number of amides is 1. The predicted octanol–water partition coefficient (Wildman–Crippen LogP) is 3.33. The van der Waals surface area contributed by atoms with Gasteiger partial charge in [0.15, 0.2) is 6.23 Å². The Hall–Kier alpha value is -1.68. The van der Waals surface area contributed by atoms with E-state index in [4.69, 9.17) is 4.74 Å². The number of rotatable bonds is 8. The SMILES string of the molecule is CCCCCCOC1c2ccccc2C(=O)N1CC(C)=O. The lowest BCUT2D eigenvalue weighted by Crippen LogP contribution is -2.33. The number of nitrogens with zero attached hydrogens (tertiary/aromatic N) is 1. The molecule has 0 N–H and O–H groups in total. The highest BCUT2D eigenvalue weighted by Gasteiger charge is 2.37. The Labute approximate surface area is 126 Å². The van der Waals surface area contributed by atoms with Crippen molar-refractivity contribution in [3.05, 3.63) is 35.4 Å². The van der Waals surface area contributed by atoms with E-state index in [0.29, 0.717) is 12.2 Å². The van der Waals surface area contributed by atoms with E-state index in [9.17, 15) is 9.59 Å². The molecule has 4 nitrogen and oxygen atoms in total. The summed E-state index contributed by atoms with van der Waals surface area (Å²) in [5.74, 6) is -0.143. The zero-order valence-corrected chi connectivity index (χ0v) is 12.8. The summed E-state index contributed by atoms with van der Waals surface area (Å²) in [6, 6.07) is 7.44. The Morgan fingerprint density at radius 1 is 1.24 bits per heavy atom. The third kappa shape index (κ3) is 3.70. The topological polar surface area (TPSA) is 46.6 Å². The predicted molar refractivity (Wildman–Crippen MR) is 81.0 cm³/mol. The molecule has 4 heteroatoms. The fourth-order valence-corrected chi connectivity index (χ4v) is 2.63. The number of benzene rings is 1. The van der Waals surface area contributed by atoms with Crippen molar-refractivity contribution in [1.29, 1.82) is 0 Å². The number of fused-ring (bicyclic) bond motifs is 1. The summed E-state index contributed by atoms with van der Waals surface area (Å²) >= 11 is 0. The molecule has 0 radical (unpaired) electrons. The smallest absolute Gasteiger partial charge is 0.257 e. The third-order valence-electron chi connectivity index (χ3n) is 3.67. The summed E-state index contributed by atoms with van der Waals surface area (Å²) in [4.78, 5) is 25.3. The lowest BCUT2D eigenvalue weighted by Gasteiger charge is -2.24. The second-order valence-corrected chi connectivity index (χ2v) is 5.51. The fourth-order valence-electron chi connectivity index (χ4n) is 2.63. The van der Waals surface area contributed by atoms with Crippen LogP contribution in [-0.4, -0.2) is 29.7 Å². The van der Waals surface area contributed by atoms with Gasteiger partial charge in [0.05, 0.1) is 6.54 Å². The van der Waals surface area contributed by atoms with Gasteiger partial charge in [0.2, 0.25) is 0 Å². The largest absolute Gasteiger partial charge is 0.354 e. The molecule has 1 aromatic carbocycles. The number of carbonyl (C=O) groups is 2. The second kappa shape index (κ2) is 7.36. The molecule has 21 heavy (non-hydrogen) atoms. The molecule has 2 rings (SSSR count). The van der Waals surface area contributed by atoms with Gasteiger partial charge in [-0.1, -0.05) is 44.4 Å². The summed E-state index contributed by atoms with van der Waals surface area (Å²) in [6.07, 6.45) is 4.07. The number of ether oxygens (including phenoxy) is 1. The second-order valence-electron chi connectivity index (χ2n) is 5.51. The Morgan fingerprint density at radius 3 is 2.71 bits per heavy atom. The van der Waals surface area contributed by atoms with Crippen LogP contribution in [0.1, 0.15) is 61.7 Å². The molecule has 0 saturated carbocycles. The van der Waals surface area contributed by atoms with E-state index in [1.807, 2.05) is 18.2 Å². The molecular formula is C17H23NO3. The lowest BCUT2D eigenvalue weighted by molar-refractivity contribution is -0.121. The highest BCUT2D eigenvalue weighted by atomic mass is 16.5. The van der Waals surface area contributed by atoms with E-state index in [2.05, 4.69) is 6.92 Å². The molecule has 114 valence electrons. The number of hydrogen-bond donors (Lipinski definition) is 0. The van der Waals surface area contributed by atoms with E-state index in [0.717, 1.165) is 18.4 Å². The number of unbranched alkanes of at least 4 members (excludes halogenated alkanes) is 3. The molecule has 0 bridgehead atoms. The van der Waals surface area contributed by atoms with Gasteiger partial charge in [-0.2, -0.15) is 0 Å². The standard InChI is InChI=1S/C17H23NO3/c1-3-4-5-8-11-21-17-15-10-7-6-9-14(15)16(20)18(17)12-13(2)19/h6-7,9-10,17H,3-5,8,11-12H2,1-2H3. The van der Waals surface area contributed by atoms with Gasteiger partial charge in [0.25, 0.3) is 5.91 Å². The minimum atomic E-state index is -0.417. The van der Waals surface area contributed by atoms with Crippen LogP contribution in [-0.2, 0) is 9.53 Å². The average Bonchev–Trinajstić information content (AvgIpc) is 2.72. The zero-order chi connectivity index (χ0) is 15.2. The molecule has 0 aromatic heterocycles. The van der Waals surface area contributed by atoms with Crippen LogP contribution in [0, 0.1) is 0 Å². The van der Waals surface area contributed by atoms with Gasteiger partial charge in [-0.05, 0) is 19.4 Å². The van der Waals surface area contributed by atoms with E-state index in [-0.39, 0.29) is 18.2 Å². The maximum atomic E-state index is 12.4. The fraction of sp³-hybridized carbons (Fsp3) is 0.529. The zero-order valence-electron chi connectivity index (χ0n) is 12.8. The Morgan fingerprint density at radius 2 is 2.00 bits per heavy atom. The maximum absolute atomic E-state index is 12.4. The van der Waals surface area contributed by atoms with Gasteiger partial charge >= 0.3 is 0 Å². The molecule has 1 unspecified atom stereocenters. The summed E-state index contributed by atoms with van der Waals surface area (Å²) in [5.41, 5.74) is 1.52. The minimum Gasteiger partial charge on any atom is -0.354 e. The van der Waals surface area contributed by atoms with Gasteiger partial charge < -0.3 is 9.64 Å². The molecule has 0 fully saturated rings. The first-order chi connectivity index (χ1) is 10.1. The normalized spacial score (nSPS) is 17.1. The molecule has 1 heterocycles. The molecule has 1 amide bonds. The van der Waals surface area contributed by atoms with E-state index >= 15 is 0 Å². The number of hydrogen-bond acceptors (Lipinski definition) is 3. The van der Waals surface area contributed by atoms with Gasteiger partial charge in [0.1, 0.15) is 5.78 Å². The van der Waals surface area contributed by atoms with Crippen molar-refractivity contribution in [3.63, 3.8) is 0 Å². The van der Waals surface area contributed by atoms with Gasteiger partial charge in [-0.3, -0.25) is 9.59 Å². The van der Waals surface area contributed by atoms with Crippen molar-refractivity contribution in [1.82, 2.24) is 4.90 Å². The average molecular weight is 289 g/mol. The number of carbonyl (C=O) groups excluding carboxylic acids is 2. The van der Waals surface area contributed by atoms with Crippen LogP contribution in [0.15, 0.2) is 24.3 Å². The summed E-state index contributed by atoms with van der Waals surface area (Å²) < 4.78 is 5.91. The number of ketones is 1. The van der Waals surface area contributed by atoms with Gasteiger partial charge in [0, 0.05) is 17.7 Å². The van der Waals surface area contributed by atoms with Crippen LogP contribution in [0.5, 0.6) is 0 Å². The molecular weight excluding hydrogens is 266 g/mol. The minimum absolute atomic E-state index is 0.0317. The molecule has 1 aliphatic rings. The summed E-state index contributed by atoms with van der Waals surface area (Å²) in [7, 11) is 0. The Balaban J connectivity index is 2.06. The quantitative estimate of drug-likeness (QED) is 0.690. The van der Waals surface area contributed by atoms with E-state index in [1.54, 1.807) is 6.07 Å². The van der Waals surface area contributed by atoms with Gasteiger partial charge in [-0.25, -0.2) is 0 Å². The monoisotopic (exact) mass is 289 g/mol. The molecule has 0 aliphatic carbocycles. The van der Waals surface area contributed by atoms with E-state index in [1.165, 1.54) is 24.7 Å². The van der Waals surface area contributed by atoms with Gasteiger partial charge in [-0.15, -0.1) is 0 Å². The molecule has 0 saturated heterocycles. The molecule has 1 aromatic rings. The van der Waals surface area contributed by atoms with Crippen molar-refractivity contribution in [3.8, 4) is 0 Å². The maximum Gasteiger partial charge on any atom is 0.257 e. The van der Waals surface area contributed by atoms with Crippen molar-refractivity contribution >= 4 is 11.7 Å². The molecule has 0 spiro atoms. The third-order valence-corrected chi connectivity index (χ3v) is 3.67. The Bertz CT molecular complexity index is 513. The van der Waals surface area contributed by atoms with Crippen molar-refractivity contribution in [2.45, 2.75) is 45.8 Å². The van der Waals surface area contributed by atoms with Crippen LogP contribution in [0.4, 0.5) is 0 Å². The van der Waals surface area contributed by atoms with Crippen molar-refractivity contribution < 1.29 is 14.3 Å². The van der Waals surface area contributed by atoms with Crippen molar-refractivity contribution in [2.75, 3.05) is 13.2 Å². The van der Waals surface area contributed by atoms with Crippen LogP contribution in [0.2, 0.25) is 0 Å².